The van der Waals surface area contributed by atoms with Crippen LogP contribution in [0.15, 0.2) is 36.4 Å². The van der Waals surface area contributed by atoms with Gasteiger partial charge in [-0.1, -0.05) is 12.1 Å². The number of rotatable bonds is 9. The van der Waals surface area contributed by atoms with Gasteiger partial charge in [-0.15, -0.1) is 0 Å². The number of nitrogens with zero attached hydrogens (tertiary/aromatic N) is 2. The second-order valence-electron chi connectivity index (χ2n) is 6.21. The Morgan fingerprint density at radius 3 is 2.35 bits per heavy atom. The highest BCUT2D eigenvalue weighted by molar-refractivity contribution is 5.91. The number of hydrogen-bond donors (Lipinski definition) is 1. The van der Waals surface area contributed by atoms with E-state index in [1.165, 1.54) is 32.4 Å². The van der Waals surface area contributed by atoms with Gasteiger partial charge in [0.15, 0.2) is 23.9 Å². The van der Waals surface area contributed by atoms with Crippen LogP contribution in [0.5, 0.6) is 17.2 Å². The monoisotopic (exact) mass is 435 g/mol. The maximum atomic E-state index is 13.5. The normalized spacial score (nSPS) is 10.9. The van der Waals surface area contributed by atoms with E-state index in [1.54, 1.807) is 18.2 Å². The first-order valence-electron chi connectivity index (χ1n) is 8.94. The zero-order chi connectivity index (χ0) is 22.5. The Hall–Kier alpha value is -3.89. The minimum Gasteiger partial charge on any atom is -0.493 e. The van der Waals surface area contributed by atoms with Crippen LogP contribution in [0.3, 0.4) is 0 Å². The van der Waals surface area contributed by atoms with E-state index in [9.17, 15) is 18.4 Å². The van der Waals surface area contributed by atoms with Crippen LogP contribution in [0.1, 0.15) is 22.7 Å². The molecule has 11 heteroatoms. The number of carbonyl (C=O) groups is 2. The highest BCUT2D eigenvalue weighted by Crippen LogP contribution is 2.38. The number of benzene rings is 2. The summed E-state index contributed by atoms with van der Waals surface area (Å²) in [5.41, 5.74) is 5.67. The van der Waals surface area contributed by atoms with Crippen LogP contribution in [0.2, 0.25) is 0 Å². The Morgan fingerprint density at radius 2 is 1.77 bits per heavy atom. The van der Waals surface area contributed by atoms with E-state index >= 15 is 0 Å². The van der Waals surface area contributed by atoms with Crippen LogP contribution in [0, 0.1) is 0 Å². The first-order chi connectivity index (χ1) is 14.8. The highest BCUT2D eigenvalue weighted by Gasteiger charge is 2.22. The number of fused-ring (bicyclic) bond motifs is 1. The lowest BCUT2D eigenvalue weighted by Crippen LogP contribution is -2.20. The maximum absolute atomic E-state index is 13.5. The molecule has 2 N–H and O–H groups in total. The number of imidazole rings is 1. The largest absolute Gasteiger partial charge is 0.493 e. The predicted octanol–water partition coefficient (Wildman–Crippen LogP) is 2.67. The lowest BCUT2D eigenvalue weighted by atomic mass is 10.2. The number of alkyl halides is 2. The number of esters is 1. The lowest BCUT2D eigenvalue weighted by molar-refractivity contribution is -0.120. The molecule has 1 aromatic heterocycles. The van der Waals surface area contributed by atoms with Crippen molar-refractivity contribution in [2.75, 3.05) is 20.8 Å². The SMILES string of the molecule is COc1cc(C(=O)OCc2nc3ccccc3n2C(F)F)cc(OC)c1OCC(N)=O. The van der Waals surface area contributed by atoms with Crippen molar-refractivity contribution in [1.29, 1.82) is 0 Å². The molecule has 0 aliphatic carbocycles. The number of primary amides is 1. The van der Waals surface area contributed by atoms with Crippen LogP contribution >= 0.6 is 0 Å². The van der Waals surface area contributed by atoms with Crippen molar-refractivity contribution in [3.05, 3.63) is 47.8 Å². The number of halogens is 2. The number of para-hydroxylation sites is 2. The van der Waals surface area contributed by atoms with Crippen molar-refractivity contribution < 1.29 is 37.3 Å². The quantitative estimate of drug-likeness (QED) is 0.514. The number of ether oxygens (including phenoxy) is 4. The van der Waals surface area contributed by atoms with E-state index in [1.807, 2.05) is 0 Å². The predicted molar refractivity (Wildman–Crippen MR) is 104 cm³/mol. The van der Waals surface area contributed by atoms with Gasteiger partial charge in [0.05, 0.1) is 30.8 Å². The number of amides is 1. The fourth-order valence-corrected chi connectivity index (χ4v) is 2.91. The van der Waals surface area contributed by atoms with Crippen LogP contribution < -0.4 is 19.9 Å². The zero-order valence-corrected chi connectivity index (χ0v) is 16.6. The van der Waals surface area contributed by atoms with Crippen molar-refractivity contribution in [1.82, 2.24) is 9.55 Å². The van der Waals surface area contributed by atoms with Crippen LogP contribution in [-0.2, 0) is 16.1 Å². The number of methoxy groups -OCH3 is 2. The molecule has 3 rings (SSSR count). The van der Waals surface area contributed by atoms with Crippen molar-refractivity contribution in [3.8, 4) is 17.2 Å². The summed E-state index contributed by atoms with van der Waals surface area (Å²) < 4.78 is 48.6. The molecular formula is C20H19F2N3O6. The van der Waals surface area contributed by atoms with Gasteiger partial charge in [0.1, 0.15) is 6.61 Å². The van der Waals surface area contributed by atoms with Crippen LogP contribution in [0.4, 0.5) is 8.78 Å². The molecule has 0 unspecified atom stereocenters. The molecule has 0 radical (unpaired) electrons. The minimum absolute atomic E-state index is 0.0137. The van der Waals surface area contributed by atoms with Crippen LogP contribution in [-0.4, -0.2) is 42.3 Å². The van der Waals surface area contributed by atoms with E-state index in [0.29, 0.717) is 10.1 Å². The Balaban J connectivity index is 1.85. The summed E-state index contributed by atoms with van der Waals surface area (Å²) in [6.45, 7) is -3.77. The smallest absolute Gasteiger partial charge is 0.338 e. The third-order valence-corrected chi connectivity index (χ3v) is 4.25. The molecule has 0 fully saturated rings. The van der Waals surface area contributed by atoms with Crippen molar-refractivity contribution >= 4 is 22.9 Å². The summed E-state index contributed by atoms with van der Waals surface area (Å²) in [5, 5.41) is 0. The third kappa shape index (κ3) is 4.65. The van der Waals surface area contributed by atoms with Crippen LogP contribution in [0.25, 0.3) is 11.0 Å². The molecule has 0 spiro atoms. The number of hydrogen-bond acceptors (Lipinski definition) is 7. The molecule has 0 saturated carbocycles. The topological polar surface area (TPSA) is 115 Å². The van der Waals surface area contributed by atoms with E-state index in [2.05, 4.69) is 4.98 Å². The second-order valence-corrected chi connectivity index (χ2v) is 6.21. The standard InChI is InChI=1S/C20H19F2N3O6/c1-28-14-7-11(8-15(29-2)18(14)30-9-16(23)26)19(27)31-10-17-24-12-5-3-4-6-13(12)25(17)20(21)22/h3-8,20H,9-10H2,1-2H3,(H2,23,26). The summed E-state index contributed by atoms with van der Waals surface area (Å²) in [6.07, 6.45) is 0. The first kappa shape index (κ1) is 21.8. The van der Waals surface area contributed by atoms with Gasteiger partial charge in [0.25, 0.3) is 5.91 Å². The Morgan fingerprint density at radius 1 is 1.13 bits per heavy atom. The van der Waals surface area contributed by atoms with Crippen molar-refractivity contribution in [2.24, 2.45) is 5.73 Å². The fourth-order valence-electron chi connectivity index (χ4n) is 2.91. The van der Waals surface area contributed by atoms with Gasteiger partial charge in [0, 0.05) is 0 Å². The zero-order valence-electron chi connectivity index (χ0n) is 16.6. The average Bonchev–Trinajstić information content (AvgIpc) is 3.13. The molecule has 1 amide bonds. The maximum Gasteiger partial charge on any atom is 0.338 e. The van der Waals surface area contributed by atoms with E-state index in [0.717, 1.165) is 0 Å². The molecule has 0 atom stereocenters. The van der Waals surface area contributed by atoms with Crippen molar-refractivity contribution in [2.45, 2.75) is 13.2 Å². The lowest BCUT2D eigenvalue weighted by Gasteiger charge is -2.15. The Labute approximate surface area is 175 Å². The molecule has 0 saturated heterocycles. The average molecular weight is 435 g/mol. The molecule has 0 bridgehead atoms. The summed E-state index contributed by atoms with van der Waals surface area (Å²) in [4.78, 5) is 27.7. The molecule has 3 aromatic rings. The summed E-state index contributed by atoms with van der Waals surface area (Å²) in [5.74, 6) is -1.40. The highest BCUT2D eigenvalue weighted by atomic mass is 19.3. The molecular weight excluding hydrogens is 416 g/mol. The Kier molecular flexibility index (Phi) is 6.53. The first-order valence-corrected chi connectivity index (χ1v) is 8.94. The summed E-state index contributed by atoms with van der Waals surface area (Å²) in [7, 11) is 2.65. The molecule has 0 aliphatic rings. The second kappa shape index (κ2) is 9.28. The fraction of sp³-hybridized carbons (Fsp3) is 0.250. The van der Waals surface area contributed by atoms with E-state index in [-0.39, 0.29) is 34.2 Å². The van der Waals surface area contributed by atoms with E-state index < -0.39 is 31.6 Å². The van der Waals surface area contributed by atoms with Gasteiger partial charge < -0.3 is 24.7 Å². The molecule has 9 nitrogen and oxygen atoms in total. The Bertz CT molecular complexity index is 1090. The summed E-state index contributed by atoms with van der Waals surface area (Å²) >= 11 is 0. The number of nitrogens with two attached hydrogens (primary N) is 1. The van der Waals surface area contributed by atoms with Crippen molar-refractivity contribution in [3.63, 3.8) is 0 Å². The van der Waals surface area contributed by atoms with E-state index in [4.69, 9.17) is 24.7 Å². The van der Waals surface area contributed by atoms with Gasteiger partial charge >= 0.3 is 12.5 Å². The molecule has 2 aromatic carbocycles. The van der Waals surface area contributed by atoms with Gasteiger partial charge in [0.2, 0.25) is 5.75 Å². The third-order valence-electron chi connectivity index (χ3n) is 4.25. The molecule has 0 aliphatic heterocycles. The van der Waals surface area contributed by atoms with Gasteiger partial charge in [-0.3, -0.25) is 9.36 Å². The molecule has 1 heterocycles. The number of carbonyl (C=O) groups excluding carboxylic acids is 2. The molecule has 31 heavy (non-hydrogen) atoms. The summed E-state index contributed by atoms with van der Waals surface area (Å²) in [6, 6.07) is 8.97. The molecule has 164 valence electrons. The van der Waals surface area contributed by atoms with Gasteiger partial charge in [-0.2, -0.15) is 8.78 Å². The van der Waals surface area contributed by atoms with Gasteiger partial charge in [-0.05, 0) is 24.3 Å². The minimum atomic E-state index is -2.86. The van der Waals surface area contributed by atoms with Gasteiger partial charge in [-0.25, -0.2) is 9.78 Å². The number of aromatic nitrogens is 2.